The molecular weight excluding hydrogens is 292 g/mol. The van der Waals surface area contributed by atoms with Gasteiger partial charge in [0.2, 0.25) is 0 Å². The number of rotatable bonds is 5. The highest BCUT2D eigenvalue weighted by Crippen LogP contribution is 2.24. The van der Waals surface area contributed by atoms with E-state index in [9.17, 15) is 9.90 Å². The van der Waals surface area contributed by atoms with Crippen molar-refractivity contribution in [2.45, 2.75) is 32.9 Å². The molecule has 0 saturated heterocycles. The van der Waals surface area contributed by atoms with Crippen LogP contribution in [0.3, 0.4) is 0 Å². The maximum atomic E-state index is 12.3. The number of benzene rings is 1. The average Bonchev–Trinajstić information content (AvgIpc) is 2.98. The van der Waals surface area contributed by atoms with Gasteiger partial charge in [0.15, 0.2) is 0 Å². The SMILES string of the molecule is CC(CO)N(C)C(=O)Nc1cc(-c2ccccc2)nn1C(C)C. The van der Waals surface area contributed by atoms with Gasteiger partial charge in [-0.15, -0.1) is 0 Å². The van der Waals surface area contributed by atoms with E-state index in [0.717, 1.165) is 11.3 Å². The molecule has 6 heteroatoms. The van der Waals surface area contributed by atoms with Gasteiger partial charge in [-0.3, -0.25) is 5.32 Å². The van der Waals surface area contributed by atoms with Crippen molar-refractivity contribution >= 4 is 11.8 Å². The molecule has 2 aromatic rings. The molecule has 2 rings (SSSR count). The summed E-state index contributed by atoms with van der Waals surface area (Å²) in [6, 6.07) is 11.3. The van der Waals surface area contributed by atoms with Crippen LogP contribution in [0.25, 0.3) is 11.3 Å². The van der Waals surface area contributed by atoms with E-state index >= 15 is 0 Å². The van der Waals surface area contributed by atoms with Crippen LogP contribution in [0, 0.1) is 0 Å². The van der Waals surface area contributed by atoms with Crippen LogP contribution in [0.5, 0.6) is 0 Å². The van der Waals surface area contributed by atoms with Crippen LogP contribution in [0.2, 0.25) is 0 Å². The molecular formula is C17H24N4O2. The number of nitrogens with one attached hydrogen (secondary N) is 1. The molecule has 1 unspecified atom stereocenters. The number of likely N-dealkylation sites (N-methyl/N-ethyl adjacent to an activating group) is 1. The number of hydrogen-bond acceptors (Lipinski definition) is 3. The number of aliphatic hydroxyl groups is 1. The first kappa shape index (κ1) is 17.0. The van der Waals surface area contributed by atoms with E-state index in [1.54, 1.807) is 18.7 Å². The Hall–Kier alpha value is -2.34. The number of aliphatic hydroxyl groups excluding tert-OH is 1. The third-order valence-electron chi connectivity index (χ3n) is 3.78. The Morgan fingerprint density at radius 2 is 1.96 bits per heavy atom. The predicted molar refractivity (Wildman–Crippen MR) is 91.4 cm³/mol. The maximum Gasteiger partial charge on any atom is 0.323 e. The summed E-state index contributed by atoms with van der Waals surface area (Å²) in [6.07, 6.45) is 0. The molecule has 0 aliphatic heterocycles. The highest BCUT2D eigenvalue weighted by atomic mass is 16.3. The van der Waals surface area contributed by atoms with Gasteiger partial charge in [0.05, 0.1) is 18.3 Å². The van der Waals surface area contributed by atoms with Crippen LogP contribution >= 0.6 is 0 Å². The lowest BCUT2D eigenvalue weighted by Gasteiger charge is -2.23. The van der Waals surface area contributed by atoms with Crippen molar-refractivity contribution in [1.29, 1.82) is 0 Å². The molecule has 0 fully saturated rings. The molecule has 6 nitrogen and oxygen atoms in total. The molecule has 0 aliphatic rings. The first-order valence-electron chi connectivity index (χ1n) is 7.73. The Morgan fingerprint density at radius 3 is 2.52 bits per heavy atom. The number of urea groups is 1. The summed E-state index contributed by atoms with van der Waals surface area (Å²) >= 11 is 0. The molecule has 0 saturated carbocycles. The monoisotopic (exact) mass is 316 g/mol. The van der Waals surface area contributed by atoms with Crippen molar-refractivity contribution in [1.82, 2.24) is 14.7 Å². The van der Waals surface area contributed by atoms with Gasteiger partial charge in [-0.2, -0.15) is 5.10 Å². The molecule has 2 N–H and O–H groups in total. The van der Waals surface area contributed by atoms with Crippen molar-refractivity contribution in [3.8, 4) is 11.3 Å². The Balaban J connectivity index is 2.27. The topological polar surface area (TPSA) is 70.4 Å². The zero-order valence-corrected chi connectivity index (χ0v) is 14.0. The highest BCUT2D eigenvalue weighted by Gasteiger charge is 2.18. The number of anilines is 1. The Kier molecular flexibility index (Phi) is 5.39. The third-order valence-corrected chi connectivity index (χ3v) is 3.78. The van der Waals surface area contributed by atoms with E-state index in [-0.39, 0.29) is 24.7 Å². The molecule has 1 aromatic carbocycles. The van der Waals surface area contributed by atoms with E-state index in [2.05, 4.69) is 10.4 Å². The minimum absolute atomic E-state index is 0.0807. The van der Waals surface area contributed by atoms with Gasteiger partial charge in [-0.25, -0.2) is 9.48 Å². The Morgan fingerprint density at radius 1 is 1.30 bits per heavy atom. The second-order valence-electron chi connectivity index (χ2n) is 5.89. The first-order chi connectivity index (χ1) is 10.9. The van der Waals surface area contributed by atoms with Crippen LogP contribution in [-0.2, 0) is 0 Å². The molecule has 1 atom stereocenters. The third kappa shape index (κ3) is 3.90. The fourth-order valence-electron chi connectivity index (χ4n) is 2.15. The summed E-state index contributed by atoms with van der Waals surface area (Å²) in [5.41, 5.74) is 1.81. The largest absolute Gasteiger partial charge is 0.394 e. The number of nitrogens with zero attached hydrogens (tertiary/aromatic N) is 3. The lowest BCUT2D eigenvalue weighted by Crippen LogP contribution is -2.40. The number of aromatic nitrogens is 2. The fourth-order valence-corrected chi connectivity index (χ4v) is 2.15. The average molecular weight is 316 g/mol. The van der Waals surface area contributed by atoms with Crippen molar-refractivity contribution in [3.05, 3.63) is 36.4 Å². The molecule has 0 aliphatic carbocycles. The highest BCUT2D eigenvalue weighted by molar-refractivity contribution is 5.89. The van der Waals surface area contributed by atoms with Crippen LogP contribution in [-0.4, -0.2) is 45.5 Å². The summed E-state index contributed by atoms with van der Waals surface area (Å²) < 4.78 is 1.79. The normalized spacial score (nSPS) is 12.3. The molecule has 1 heterocycles. The Bertz CT molecular complexity index is 652. The number of carbonyl (C=O) groups is 1. The molecule has 0 spiro atoms. The van der Waals surface area contributed by atoms with Crippen molar-refractivity contribution in [2.75, 3.05) is 19.0 Å². The van der Waals surface area contributed by atoms with Gasteiger partial charge in [-0.1, -0.05) is 30.3 Å². The maximum absolute atomic E-state index is 12.3. The Labute approximate surface area is 136 Å². The fraction of sp³-hybridized carbons (Fsp3) is 0.412. The van der Waals surface area contributed by atoms with Gasteiger partial charge in [0, 0.05) is 24.7 Å². The molecule has 124 valence electrons. The summed E-state index contributed by atoms with van der Waals surface area (Å²) in [5.74, 6) is 0.640. The number of amides is 2. The second-order valence-corrected chi connectivity index (χ2v) is 5.89. The van der Waals surface area contributed by atoms with E-state index in [1.807, 2.05) is 50.2 Å². The summed E-state index contributed by atoms with van der Waals surface area (Å²) in [7, 11) is 1.66. The minimum atomic E-state index is -0.270. The lowest BCUT2D eigenvalue weighted by atomic mass is 10.2. The summed E-state index contributed by atoms with van der Waals surface area (Å²) in [5, 5.41) is 16.6. The van der Waals surface area contributed by atoms with Crippen LogP contribution in [0.15, 0.2) is 36.4 Å². The molecule has 1 aromatic heterocycles. The molecule has 0 radical (unpaired) electrons. The van der Waals surface area contributed by atoms with Crippen molar-refractivity contribution in [3.63, 3.8) is 0 Å². The summed E-state index contributed by atoms with van der Waals surface area (Å²) in [4.78, 5) is 13.8. The predicted octanol–water partition coefficient (Wildman–Crippen LogP) is 2.98. The molecule has 0 bridgehead atoms. The van der Waals surface area contributed by atoms with Crippen LogP contribution in [0.4, 0.5) is 10.6 Å². The van der Waals surface area contributed by atoms with Gasteiger partial charge in [-0.05, 0) is 20.8 Å². The number of carbonyl (C=O) groups excluding carboxylic acids is 1. The first-order valence-corrected chi connectivity index (χ1v) is 7.73. The zero-order valence-electron chi connectivity index (χ0n) is 14.0. The minimum Gasteiger partial charge on any atom is -0.394 e. The number of hydrogen-bond donors (Lipinski definition) is 2. The van der Waals surface area contributed by atoms with Gasteiger partial charge >= 0.3 is 6.03 Å². The standard InChI is InChI=1S/C17H24N4O2/c1-12(2)21-16(18-17(23)20(4)13(3)11-22)10-15(19-21)14-8-6-5-7-9-14/h5-10,12-13,22H,11H2,1-4H3,(H,18,23). The van der Waals surface area contributed by atoms with Crippen molar-refractivity contribution < 1.29 is 9.90 Å². The zero-order chi connectivity index (χ0) is 17.0. The quantitative estimate of drug-likeness (QED) is 0.891. The van der Waals surface area contributed by atoms with E-state index in [1.165, 1.54) is 4.90 Å². The van der Waals surface area contributed by atoms with E-state index in [0.29, 0.717) is 5.82 Å². The van der Waals surface area contributed by atoms with Gasteiger partial charge in [0.1, 0.15) is 5.82 Å². The molecule has 2 amide bonds. The van der Waals surface area contributed by atoms with Crippen LogP contribution < -0.4 is 5.32 Å². The lowest BCUT2D eigenvalue weighted by molar-refractivity contribution is 0.166. The summed E-state index contributed by atoms with van der Waals surface area (Å²) in [6.45, 7) is 5.73. The van der Waals surface area contributed by atoms with E-state index < -0.39 is 0 Å². The second kappa shape index (κ2) is 7.28. The van der Waals surface area contributed by atoms with Gasteiger partial charge in [0.25, 0.3) is 0 Å². The van der Waals surface area contributed by atoms with Crippen molar-refractivity contribution in [2.24, 2.45) is 0 Å². The van der Waals surface area contributed by atoms with Gasteiger partial charge < -0.3 is 10.0 Å². The van der Waals surface area contributed by atoms with Crippen LogP contribution in [0.1, 0.15) is 26.8 Å². The smallest absolute Gasteiger partial charge is 0.323 e. The molecule has 23 heavy (non-hydrogen) atoms. The van der Waals surface area contributed by atoms with E-state index in [4.69, 9.17) is 0 Å².